The molecule has 10 heavy (non-hydrogen) atoms. The maximum Gasteiger partial charge on any atom is 0.0311 e. The Morgan fingerprint density at radius 2 is 1.80 bits per heavy atom. The molecule has 4 N–H and O–H groups in total. The van der Waals surface area contributed by atoms with Crippen LogP contribution in [0.25, 0.3) is 0 Å². The minimum atomic E-state index is 0.715. The molecule has 0 rings (SSSR count). The van der Waals surface area contributed by atoms with Crippen LogP contribution in [-0.2, 0) is 0 Å². The molecular formula is C8H14N2. The summed E-state index contributed by atoms with van der Waals surface area (Å²) in [5.74, 6) is 0. The zero-order chi connectivity index (χ0) is 7.98. The Morgan fingerprint density at radius 3 is 2.20 bits per heavy atom. The summed E-state index contributed by atoms with van der Waals surface area (Å²) in [5.41, 5.74) is 12.4. The third-order valence-electron chi connectivity index (χ3n) is 0.898. The van der Waals surface area contributed by atoms with E-state index in [4.69, 9.17) is 11.5 Å². The fraction of sp³-hybridized carbons (Fsp3) is 0.250. The van der Waals surface area contributed by atoms with Crippen molar-refractivity contribution in [3.05, 3.63) is 35.7 Å². The summed E-state index contributed by atoms with van der Waals surface area (Å²) in [5, 5.41) is 0. The molecule has 0 spiro atoms. The summed E-state index contributed by atoms with van der Waals surface area (Å²) in [6.45, 7) is 3.74. The fourth-order valence-corrected chi connectivity index (χ4v) is 0.476. The predicted molar refractivity (Wildman–Crippen MR) is 45.0 cm³/mol. The van der Waals surface area contributed by atoms with E-state index in [9.17, 15) is 0 Å². The Morgan fingerprint density at radius 1 is 1.20 bits per heavy atom. The molecule has 0 saturated heterocycles. The van der Waals surface area contributed by atoms with Crippen LogP contribution in [0.5, 0.6) is 0 Å². The first-order valence-electron chi connectivity index (χ1n) is 3.19. The van der Waals surface area contributed by atoms with Gasteiger partial charge in [0.25, 0.3) is 0 Å². The van der Waals surface area contributed by atoms with Gasteiger partial charge in [0, 0.05) is 11.4 Å². The molecule has 2 nitrogen and oxygen atoms in total. The average molecular weight is 138 g/mol. The molecule has 0 saturated carbocycles. The molecule has 0 aromatic heterocycles. The van der Waals surface area contributed by atoms with Crippen molar-refractivity contribution in [2.24, 2.45) is 11.5 Å². The third-order valence-corrected chi connectivity index (χ3v) is 0.898. The summed E-state index contributed by atoms with van der Waals surface area (Å²) in [4.78, 5) is 0. The van der Waals surface area contributed by atoms with Crippen LogP contribution in [0.2, 0.25) is 0 Å². The summed E-state index contributed by atoms with van der Waals surface area (Å²) < 4.78 is 0. The highest BCUT2D eigenvalue weighted by Crippen LogP contribution is 1.89. The van der Waals surface area contributed by atoms with Crippen LogP contribution >= 0.6 is 0 Å². The quantitative estimate of drug-likeness (QED) is 0.564. The Balaban J connectivity index is 4.05. The van der Waals surface area contributed by atoms with E-state index in [1.54, 1.807) is 12.2 Å². The van der Waals surface area contributed by atoms with Crippen molar-refractivity contribution in [2.75, 3.05) is 0 Å². The van der Waals surface area contributed by atoms with Crippen LogP contribution in [-0.4, -0.2) is 0 Å². The molecule has 0 atom stereocenters. The molecule has 0 aromatic rings. The molecule has 0 fully saturated rings. The molecule has 0 radical (unpaired) electrons. The number of allylic oxidation sites excluding steroid dienone is 5. The maximum atomic E-state index is 5.51. The lowest BCUT2D eigenvalue weighted by Crippen LogP contribution is -1.93. The van der Waals surface area contributed by atoms with Crippen molar-refractivity contribution in [3.8, 4) is 0 Å². The van der Waals surface area contributed by atoms with Crippen LogP contribution in [0.1, 0.15) is 13.8 Å². The maximum absolute atomic E-state index is 5.51. The van der Waals surface area contributed by atoms with Crippen LogP contribution in [0, 0.1) is 0 Å². The van der Waals surface area contributed by atoms with Gasteiger partial charge in [0.2, 0.25) is 0 Å². The van der Waals surface area contributed by atoms with E-state index in [2.05, 4.69) is 0 Å². The first kappa shape index (κ1) is 8.82. The normalized spacial score (nSPS) is 14.6. The smallest absolute Gasteiger partial charge is 0.0311 e. The van der Waals surface area contributed by atoms with Gasteiger partial charge in [-0.2, -0.15) is 0 Å². The second-order valence-corrected chi connectivity index (χ2v) is 2.08. The summed E-state index contributed by atoms with van der Waals surface area (Å²) in [6.07, 6.45) is 7.25. The number of nitrogens with two attached hydrogens (primary N) is 2. The lowest BCUT2D eigenvalue weighted by Gasteiger charge is -1.88. The minimum Gasteiger partial charge on any atom is -0.402 e. The van der Waals surface area contributed by atoms with Crippen LogP contribution < -0.4 is 11.5 Å². The minimum absolute atomic E-state index is 0.715. The molecular weight excluding hydrogens is 124 g/mol. The van der Waals surface area contributed by atoms with E-state index < -0.39 is 0 Å². The fourth-order valence-electron chi connectivity index (χ4n) is 0.476. The highest BCUT2D eigenvalue weighted by Gasteiger charge is 1.76. The summed E-state index contributed by atoms with van der Waals surface area (Å²) in [6, 6.07) is 0. The van der Waals surface area contributed by atoms with E-state index in [1.807, 2.05) is 26.0 Å². The second kappa shape index (κ2) is 4.68. The van der Waals surface area contributed by atoms with Crippen molar-refractivity contribution < 1.29 is 0 Å². The van der Waals surface area contributed by atoms with Gasteiger partial charge in [-0.3, -0.25) is 0 Å². The molecule has 2 heteroatoms. The van der Waals surface area contributed by atoms with Gasteiger partial charge >= 0.3 is 0 Å². The Labute approximate surface area is 61.9 Å². The molecule has 0 bridgehead atoms. The SMILES string of the molecule is C\C=C/C(N)=C\C=C(/C)N. The molecule has 0 aliphatic carbocycles. The number of hydrogen-bond donors (Lipinski definition) is 2. The summed E-state index contributed by atoms with van der Waals surface area (Å²) >= 11 is 0. The van der Waals surface area contributed by atoms with Gasteiger partial charge in [-0.15, -0.1) is 0 Å². The highest BCUT2D eigenvalue weighted by molar-refractivity contribution is 5.21. The average Bonchev–Trinajstić information content (AvgIpc) is 1.85. The first-order chi connectivity index (χ1) is 4.66. The first-order valence-corrected chi connectivity index (χ1v) is 3.19. The van der Waals surface area contributed by atoms with E-state index in [1.165, 1.54) is 0 Å². The van der Waals surface area contributed by atoms with Gasteiger partial charge in [0.15, 0.2) is 0 Å². The Hall–Kier alpha value is -1.18. The van der Waals surface area contributed by atoms with E-state index in [0.717, 1.165) is 5.70 Å². The van der Waals surface area contributed by atoms with Crippen molar-refractivity contribution >= 4 is 0 Å². The largest absolute Gasteiger partial charge is 0.402 e. The van der Waals surface area contributed by atoms with Crippen LogP contribution in [0.4, 0.5) is 0 Å². The molecule has 0 amide bonds. The lowest BCUT2D eigenvalue weighted by molar-refractivity contribution is 1.30. The van der Waals surface area contributed by atoms with E-state index >= 15 is 0 Å². The zero-order valence-corrected chi connectivity index (χ0v) is 6.46. The molecule has 0 heterocycles. The Kier molecular flexibility index (Phi) is 4.12. The van der Waals surface area contributed by atoms with Crippen molar-refractivity contribution in [1.82, 2.24) is 0 Å². The van der Waals surface area contributed by atoms with Crippen molar-refractivity contribution in [1.29, 1.82) is 0 Å². The Bertz CT molecular complexity index is 172. The van der Waals surface area contributed by atoms with E-state index in [-0.39, 0.29) is 0 Å². The lowest BCUT2D eigenvalue weighted by atomic mass is 10.3. The molecule has 0 aromatic carbocycles. The van der Waals surface area contributed by atoms with Crippen molar-refractivity contribution in [2.45, 2.75) is 13.8 Å². The predicted octanol–water partition coefficient (Wildman–Crippen LogP) is 1.27. The standard InChI is InChI=1S/C8H14N2/c1-3-4-8(10)6-5-7(2)9/h3-6H,9-10H2,1-2H3/b4-3-,7-5+,8-6+. The second-order valence-electron chi connectivity index (χ2n) is 2.08. The van der Waals surface area contributed by atoms with Gasteiger partial charge in [-0.05, 0) is 32.1 Å². The molecule has 0 aliphatic rings. The van der Waals surface area contributed by atoms with Crippen molar-refractivity contribution in [3.63, 3.8) is 0 Å². The van der Waals surface area contributed by atoms with Gasteiger partial charge in [-0.25, -0.2) is 0 Å². The van der Waals surface area contributed by atoms with Gasteiger partial charge in [0.1, 0.15) is 0 Å². The van der Waals surface area contributed by atoms with Crippen LogP contribution in [0.15, 0.2) is 35.7 Å². The monoisotopic (exact) mass is 138 g/mol. The van der Waals surface area contributed by atoms with Gasteiger partial charge in [0.05, 0.1) is 0 Å². The van der Waals surface area contributed by atoms with Crippen LogP contribution in [0.3, 0.4) is 0 Å². The number of rotatable bonds is 2. The topological polar surface area (TPSA) is 52.0 Å². The third kappa shape index (κ3) is 4.97. The summed E-state index contributed by atoms with van der Waals surface area (Å²) in [7, 11) is 0. The zero-order valence-electron chi connectivity index (χ0n) is 6.46. The molecule has 0 unspecified atom stereocenters. The molecule has 0 aliphatic heterocycles. The van der Waals surface area contributed by atoms with E-state index in [0.29, 0.717) is 5.70 Å². The van der Waals surface area contributed by atoms with Gasteiger partial charge < -0.3 is 11.5 Å². The molecule has 56 valence electrons. The van der Waals surface area contributed by atoms with Gasteiger partial charge in [-0.1, -0.05) is 6.08 Å². The highest BCUT2D eigenvalue weighted by atomic mass is 14.6. The number of hydrogen-bond acceptors (Lipinski definition) is 2.